The number of carbonyl (C=O) groups is 1. The van der Waals surface area contributed by atoms with E-state index in [1.807, 2.05) is 17.7 Å². The standard InChI is InChI=1S/C19H19N3O3/c1-12-16-10-13(18(24)15-4-2-3-5-17(15)23)11-20-19(16)22(21-12)14-6-8-25-9-7-14/h2-5,10-11,14,23H,6-9H2,1H3. The van der Waals surface area contributed by atoms with Gasteiger partial charge in [0.2, 0.25) is 0 Å². The van der Waals surface area contributed by atoms with E-state index >= 15 is 0 Å². The molecule has 3 heterocycles. The van der Waals surface area contributed by atoms with Gasteiger partial charge in [-0.25, -0.2) is 9.67 Å². The van der Waals surface area contributed by atoms with Crippen LogP contribution in [0.3, 0.4) is 0 Å². The number of benzene rings is 1. The largest absolute Gasteiger partial charge is 0.507 e. The van der Waals surface area contributed by atoms with Gasteiger partial charge in [0.05, 0.1) is 17.3 Å². The Morgan fingerprint density at radius 1 is 1.28 bits per heavy atom. The van der Waals surface area contributed by atoms with Crippen LogP contribution in [0.2, 0.25) is 0 Å². The number of hydrogen-bond acceptors (Lipinski definition) is 5. The van der Waals surface area contributed by atoms with Crippen LogP contribution in [0.15, 0.2) is 36.5 Å². The van der Waals surface area contributed by atoms with Crippen molar-refractivity contribution in [2.24, 2.45) is 0 Å². The van der Waals surface area contributed by atoms with E-state index in [9.17, 15) is 9.90 Å². The van der Waals surface area contributed by atoms with Crippen LogP contribution < -0.4 is 0 Å². The lowest BCUT2D eigenvalue weighted by Crippen LogP contribution is -2.20. The average molecular weight is 337 g/mol. The molecule has 0 aliphatic carbocycles. The Kier molecular flexibility index (Phi) is 3.97. The molecule has 1 aromatic carbocycles. The van der Waals surface area contributed by atoms with Crippen LogP contribution in [0, 0.1) is 6.92 Å². The first-order valence-electron chi connectivity index (χ1n) is 8.40. The number of para-hydroxylation sites is 1. The second kappa shape index (κ2) is 6.29. The Morgan fingerprint density at radius 3 is 2.80 bits per heavy atom. The van der Waals surface area contributed by atoms with Crippen molar-refractivity contribution in [3.63, 3.8) is 0 Å². The number of ether oxygens (including phenoxy) is 1. The van der Waals surface area contributed by atoms with Gasteiger partial charge in [0.1, 0.15) is 5.75 Å². The minimum atomic E-state index is -0.245. The topological polar surface area (TPSA) is 77.2 Å². The summed E-state index contributed by atoms with van der Waals surface area (Å²) in [5.74, 6) is -0.270. The number of ketones is 1. The molecule has 0 atom stereocenters. The summed E-state index contributed by atoms with van der Waals surface area (Å²) in [6.07, 6.45) is 3.39. The SMILES string of the molecule is Cc1nn(C2CCOCC2)c2ncc(C(=O)c3ccccc3O)cc12. The molecule has 25 heavy (non-hydrogen) atoms. The third-order valence-electron chi connectivity index (χ3n) is 4.68. The molecule has 0 amide bonds. The minimum Gasteiger partial charge on any atom is -0.507 e. The number of pyridine rings is 1. The molecule has 0 bridgehead atoms. The van der Waals surface area contributed by atoms with Crippen molar-refractivity contribution in [3.05, 3.63) is 53.3 Å². The minimum absolute atomic E-state index is 0.0257. The highest BCUT2D eigenvalue weighted by Crippen LogP contribution is 2.27. The maximum atomic E-state index is 12.7. The van der Waals surface area contributed by atoms with Gasteiger partial charge in [-0.1, -0.05) is 12.1 Å². The summed E-state index contributed by atoms with van der Waals surface area (Å²) in [5, 5.41) is 15.4. The third-order valence-corrected chi connectivity index (χ3v) is 4.68. The molecule has 0 unspecified atom stereocenters. The van der Waals surface area contributed by atoms with E-state index in [0.29, 0.717) is 5.56 Å². The van der Waals surface area contributed by atoms with Gasteiger partial charge in [-0.2, -0.15) is 5.10 Å². The van der Waals surface area contributed by atoms with E-state index in [1.54, 1.807) is 24.4 Å². The van der Waals surface area contributed by atoms with Crippen LogP contribution >= 0.6 is 0 Å². The zero-order valence-corrected chi connectivity index (χ0v) is 14.0. The van der Waals surface area contributed by atoms with Crippen LogP contribution in [0.25, 0.3) is 11.0 Å². The number of nitrogens with zero attached hydrogens (tertiary/aromatic N) is 3. The zero-order valence-electron chi connectivity index (χ0n) is 14.0. The van der Waals surface area contributed by atoms with Gasteiger partial charge in [0, 0.05) is 30.4 Å². The summed E-state index contributed by atoms with van der Waals surface area (Å²) >= 11 is 0. The number of aromatic nitrogens is 3. The van der Waals surface area contributed by atoms with Crippen LogP contribution in [-0.2, 0) is 4.74 Å². The highest BCUT2D eigenvalue weighted by molar-refractivity contribution is 6.11. The fourth-order valence-electron chi connectivity index (χ4n) is 3.30. The molecule has 1 N–H and O–H groups in total. The lowest BCUT2D eigenvalue weighted by atomic mass is 10.0. The Hall–Kier alpha value is -2.73. The Morgan fingerprint density at radius 2 is 2.04 bits per heavy atom. The Bertz CT molecular complexity index is 942. The number of fused-ring (bicyclic) bond motifs is 1. The third kappa shape index (κ3) is 2.78. The van der Waals surface area contributed by atoms with E-state index in [4.69, 9.17) is 4.74 Å². The predicted molar refractivity (Wildman–Crippen MR) is 92.9 cm³/mol. The molecule has 1 aliphatic rings. The van der Waals surface area contributed by atoms with Crippen LogP contribution in [0.1, 0.15) is 40.5 Å². The lowest BCUT2D eigenvalue weighted by molar-refractivity contribution is 0.0672. The van der Waals surface area contributed by atoms with E-state index in [0.717, 1.165) is 42.8 Å². The maximum Gasteiger partial charge on any atom is 0.198 e. The first-order valence-corrected chi connectivity index (χ1v) is 8.40. The van der Waals surface area contributed by atoms with E-state index in [1.165, 1.54) is 6.07 Å². The quantitative estimate of drug-likeness (QED) is 0.743. The van der Waals surface area contributed by atoms with Crippen LogP contribution in [0.4, 0.5) is 0 Å². The molecule has 1 saturated heterocycles. The van der Waals surface area contributed by atoms with Gasteiger partial charge >= 0.3 is 0 Å². The summed E-state index contributed by atoms with van der Waals surface area (Å²) in [7, 11) is 0. The van der Waals surface area contributed by atoms with E-state index in [-0.39, 0.29) is 23.1 Å². The summed E-state index contributed by atoms with van der Waals surface area (Å²) < 4.78 is 7.38. The number of carbonyl (C=O) groups excluding carboxylic acids is 1. The molecule has 3 aromatic rings. The zero-order chi connectivity index (χ0) is 17.4. The summed E-state index contributed by atoms with van der Waals surface area (Å²) in [5.41, 5.74) is 2.36. The van der Waals surface area contributed by atoms with Crippen molar-refractivity contribution in [1.29, 1.82) is 0 Å². The second-order valence-corrected chi connectivity index (χ2v) is 6.31. The monoisotopic (exact) mass is 337 g/mol. The molecule has 4 rings (SSSR count). The van der Waals surface area contributed by atoms with Crippen molar-refractivity contribution >= 4 is 16.8 Å². The fourth-order valence-corrected chi connectivity index (χ4v) is 3.30. The fraction of sp³-hybridized carbons (Fsp3) is 0.316. The summed E-state index contributed by atoms with van der Waals surface area (Å²) in [6.45, 7) is 3.39. The molecule has 6 heteroatoms. The number of aromatic hydroxyl groups is 1. The predicted octanol–water partition coefficient (Wildman–Crippen LogP) is 3.03. The van der Waals surface area contributed by atoms with Gasteiger partial charge in [0.15, 0.2) is 11.4 Å². The van der Waals surface area contributed by atoms with Crippen molar-refractivity contribution in [1.82, 2.24) is 14.8 Å². The molecule has 2 aromatic heterocycles. The van der Waals surface area contributed by atoms with Gasteiger partial charge < -0.3 is 9.84 Å². The van der Waals surface area contributed by atoms with Crippen LogP contribution in [-0.4, -0.2) is 38.9 Å². The van der Waals surface area contributed by atoms with Crippen molar-refractivity contribution in [2.75, 3.05) is 13.2 Å². The first kappa shape index (κ1) is 15.8. The van der Waals surface area contributed by atoms with E-state index in [2.05, 4.69) is 10.1 Å². The van der Waals surface area contributed by atoms with Crippen molar-refractivity contribution < 1.29 is 14.6 Å². The maximum absolute atomic E-state index is 12.7. The molecule has 0 radical (unpaired) electrons. The molecule has 0 saturated carbocycles. The summed E-state index contributed by atoms with van der Waals surface area (Å²) in [4.78, 5) is 17.2. The average Bonchev–Trinajstić information content (AvgIpc) is 2.98. The van der Waals surface area contributed by atoms with Crippen LogP contribution in [0.5, 0.6) is 5.75 Å². The molecule has 1 fully saturated rings. The number of rotatable bonds is 3. The summed E-state index contributed by atoms with van der Waals surface area (Å²) in [6, 6.07) is 8.63. The first-order chi connectivity index (χ1) is 12.1. The van der Waals surface area contributed by atoms with Crippen molar-refractivity contribution in [3.8, 4) is 5.75 Å². The second-order valence-electron chi connectivity index (χ2n) is 6.31. The van der Waals surface area contributed by atoms with Crippen molar-refractivity contribution in [2.45, 2.75) is 25.8 Å². The highest BCUT2D eigenvalue weighted by atomic mass is 16.5. The molecular formula is C19H19N3O3. The number of aryl methyl sites for hydroxylation is 1. The van der Waals surface area contributed by atoms with Gasteiger partial charge in [-0.05, 0) is 38.0 Å². The van der Waals surface area contributed by atoms with E-state index < -0.39 is 0 Å². The number of phenolic OH excluding ortho intramolecular Hbond substituents is 1. The van der Waals surface area contributed by atoms with Gasteiger partial charge in [-0.15, -0.1) is 0 Å². The molecule has 128 valence electrons. The highest BCUT2D eigenvalue weighted by Gasteiger charge is 2.22. The smallest absolute Gasteiger partial charge is 0.198 e. The molecule has 0 spiro atoms. The molecule has 1 aliphatic heterocycles. The molecule has 6 nitrogen and oxygen atoms in total. The molecular weight excluding hydrogens is 318 g/mol. The number of phenols is 1. The Labute approximate surface area is 145 Å². The number of hydrogen-bond donors (Lipinski definition) is 1. The Balaban J connectivity index is 1.75. The lowest BCUT2D eigenvalue weighted by Gasteiger charge is -2.22. The van der Waals surface area contributed by atoms with Gasteiger partial charge in [-0.3, -0.25) is 4.79 Å². The normalized spacial score (nSPS) is 15.6. The van der Waals surface area contributed by atoms with Gasteiger partial charge in [0.25, 0.3) is 0 Å².